The number of piperidine rings is 1. The normalized spacial score (nSPS) is 23.9. The Morgan fingerprint density at radius 2 is 1.90 bits per heavy atom. The SMILES string of the molecule is O=C(O)CC1C(=O)NCCN1C(=O)N1CCC(CO)CC1. The molecule has 0 bridgehead atoms. The van der Waals surface area contributed by atoms with Gasteiger partial charge < -0.3 is 25.3 Å². The summed E-state index contributed by atoms with van der Waals surface area (Å²) < 4.78 is 0. The zero-order valence-electron chi connectivity index (χ0n) is 11.8. The van der Waals surface area contributed by atoms with Crippen LogP contribution in [-0.4, -0.2) is 76.7 Å². The molecular weight excluding hydrogens is 278 g/mol. The van der Waals surface area contributed by atoms with Crippen LogP contribution in [0.15, 0.2) is 0 Å². The van der Waals surface area contributed by atoms with Gasteiger partial charge in [-0.2, -0.15) is 0 Å². The maximum Gasteiger partial charge on any atom is 0.320 e. The van der Waals surface area contributed by atoms with Crippen molar-refractivity contribution in [1.82, 2.24) is 15.1 Å². The number of carbonyl (C=O) groups excluding carboxylic acids is 2. The number of urea groups is 1. The predicted molar refractivity (Wildman–Crippen MR) is 72.5 cm³/mol. The highest BCUT2D eigenvalue weighted by atomic mass is 16.4. The predicted octanol–water partition coefficient (Wildman–Crippen LogP) is -0.914. The molecule has 0 saturated carbocycles. The molecule has 2 heterocycles. The molecule has 2 saturated heterocycles. The first-order chi connectivity index (χ1) is 10.0. The van der Waals surface area contributed by atoms with Crippen LogP contribution in [0.5, 0.6) is 0 Å². The van der Waals surface area contributed by atoms with E-state index in [0.717, 1.165) is 12.8 Å². The van der Waals surface area contributed by atoms with Crippen LogP contribution in [0.2, 0.25) is 0 Å². The van der Waals surface area contributed by atoms with Crippen molar-refractivity contribution in [3.8, 4) is 0 Å². The lowest BCUT2D eigenvalue weighted by Gasteiger charge is -2.40. The van der Waals surface area contributed by atoms with Crippen LogP contribution >= 0.6 is 0 Å². The Balaban J connectivity index is 2.02. The third-order valence-corrected chi connectivity index (χ3v) is 4.09. The average Bonchev–Trinajstić information content (AvgIpc) is 2.48. The van der Waals surface area contributed by atoms with E-state index < -0.39 is 17.9 Å². The number of carbonyl (C=O) groups is 3. The van der Waals surface area contributed by atoms with E-state index in [1.54, 1.807) is 4.90 Å². The van der Waals surface area contributed by atoms with Crippen LogP contribution in [0.3, 0.4) is 0 Å². The standard InChI is InChI=1S/C13H21N3O5/c17-8-9-1-4-15(5-2-9)13(21)16-6-3-14-12(20)10(16)7-11(18)19/h9-10,17H,1-8H2,(H,14,20)(H,18,19). The van der Waals surface area contributed by atoms with E-state index in [0.29, 0.717) is 26.2 Å². The zero-order valence-corrected chi connectivity index (χ0v) is 11.8. The van der Waals surface area contributed by atoms with Crippen LogP contribution in [0.1, 0.15) is 19.3 Å². The molecule has 2 aliphatic rings. The van der Waals surface area contributed by atoms with Gasteiger partial charge in [-0.1, -0.05) is 0 Å². The van der Waals surface area contributed by atoms with Crippen molar-refractivity contribution in [3.63, 3.8) is 0 Å². The van der Waals surface area contributed by atoms with E-state index >= 15 is 0 Å². The lowest BCUT2D eigenvalue weighted by atomic mass is 9.98. The molecule has 0 spiro atoms. The summed E-state index contributed by atoms with van der Waals surface area (Å²) in [5.74, 6) is -1.30. The maximum absolute atomic E-state index is 12.5. The van der Waals surface area contributed by atoms with Gasteiger partial charge in [0.05, 0.1) is 6.42 Å². The van der Waals surface area contributed by atoms with Gasteiger partial charge in [-0.05, 0) is 18.8 Å². The lowest BCUT2D eigenvalue weighted by Crippen LogP contribution is -2.61. The summed E-state index contributed by atoms with van der Waals surface area (Å²) in [6.45, 7) is 1.84. The largest absolute Gasteiger partial charge is 0.481 e. The van der Waals surface area contributed by atoms with Crippen molar-refractivity contribution in [3.05, 3.63) is 0 Å². The fourth-order valence-corrected chi connectivity index (χ4v) is 2.80. The summed E-state index contributed by atoms with van der Waals surface area (Å²) in [6.07, 6.45) is 1.07. The van der Waals surface area contributed by atoms with E-state index in [9.17, 15) is 14.4 Å². The van der Waals surface area contributed by atoms with Crippen LogP contribution in [-0.2, 0) is 9.59 Å². The third kappa shape index (κ3) is 3.63. The molecule has 3 amide bonds. The zero-order chi connectivity index (χ0) is 15.4. The number of amides is 3. The van der Waals surface area contributed by atoms with Crippen LogP contribution in [0, 0.1) is 5.92 Å². The molecule has 0 aromatic rings. The molecule has 21 heavy (non-hydrogen) atoms. The molecule has 118 valence electrons. The second-order valence-corrected chi connectivity index (χ2v) is 5.49. The third-order valence-electron chi connectivity index (χ3n) is 4.09. The first-order valence-corrected chi connectivity index (χ1v) is 7.19. The second-order valence-electron chi connectivity index (χ2n) is 5.49. The Labute approximate surface area is 122 Å². The molecule has 0 aromatic heterocycles. The fraction of sp³-hybridized carbons (Fsp3) is 0.769. The van der Waals surface area contributed by atoms with Gasteiger partial charge in [0, 0.05) is 32.8 Å². The Morgan fingerprint density at radius 1 is 1.24 bits per heavy atom. The molecule has 2 aliphatic heterocycles. The van der Waals surface area contributed by atoms with Crippen LogP contribution < -0.4 is 5.32 Å². The van der Waals surface area contributed by atoms with Crippen molar-refractivity contribution in [1.29, 1.82) is 0 Å². The molecule has 2 fully saturated rings. The van der Waals surface area contributed by atoms with Gasteiger partial charge >= 0.3 is 12.0 Å². The molecule has 2 rings (SSSR count). The molecule has 3 N–H and O–H groups in total. The summed E-state index contributed by atoms with van der Waals surface area (Å²) >= 11 is 0. The summed E-state index contributed by atoms with van der Waals surface area (Å²) in [5, 5.41) is 20.6. The van der Waals surface area contributed by atoms with Gasteiger partial charge in [-0.25, -0.2) is 4.79 Å². The van der Waals surface area contributed by atoms with Gasteiger partial charge in [0.1, 0.15) is 6.04 Å². The molecule has 1 unspecified atom stereocenters. The van der Waals surface area contributed by atoms with Crippen molar-refractivity contribution in [2.45, 2.75) is 25.3 Å². The van der Waals surface area contributed by atoms with Gasteiger partial charge in [0.15, 0.2) is 0 Å². The summed E-state index contributed by atoms with van der Waals surface area (Å²) in [5.41, 5.74) is 0. The number of carboxylic acid groups (broad SMARTS) is 1. The molecular formula is C13H21N3O5. The number of aliphatic hydroxyl groups excluding tert-OH is 1. The highest BCUT2D eigenvalue weighted by Crippen LogP contribution is 2.19. The molecule has 0 radical (unpaired) electrons. The number of rotatable bonds is 3. The minimum absolute atomic E-state index is 0.121. The second kappa shape index (κ2) is 6.75. The number of hydrogen-bond donors (Lipinski definition) is 3. The number of carboxylic acids is 1. The minimum atomic E-state index is -1.10. The van der Waals surface area contributed by atoms with E-state index in [-0.39, 0.29) is 25.0 Å². The maximum atomic E-state index is 12.5. The van der Waals surface area contributed by atoms with Crippen molar-refractivity contribution in [2.24, 2.45) is 5.92 Å². The Hall–Kier alpha value is -1.83. The number of nitrogens with one attached hydrogen (secondary N) is 1. The van der Waals surface area contributed by atoms with Crippen LogP contribution in [0.4, 0.5) is 4.79 Å². The van der Waals surface area contributed by atoms with Crippen LogP contribution in [0.25, 0.3) is 0 Å². The van der Waals surface area contributed by atoms with Crippen molar-refractivity contribution < 1.29 is 24.6 Å². The molecule has 8 heteroatoms. The fourth-order valence-electron chi connectivity index (χ4n) is 2.80. The van der Waals surface area contributed by atoms with Gasteiger partial charge in [-0.3, -0.25) is 9.59 Å². The van der Waals surface area contributed by atoms with E-state index in [1.807, 2.05) is 0 Å². The monoisotopic (exact) mass is 299 g/mol. The first-order valence-electron chi connectivity index (χ1n) is 7.19. The smallest absolute Gasteiger partial charge is 0.320 e. The summed E-state index contributed by atoms with van der Waals surface area (Å²) in [4.78, 5) is 38.2. The molecule has 0 aliphatic carbocycles. The number of piperazine rings is 1. The number of aliphatic carboxylic acids is 1. The first kappa shape index (κ1) is 15.6. The molecule has 1 atom stereocenters. The Kier molecular flexibility index (Phi) is 5.00. The lowest BCUT2D eigenvalue weighted by molar-refractivity contribution is -0.142. The van der Waals surface area contributed by atoms with E-state index in [1.165, 1.54) is 4.90 Å². The highest BCUT2D eigenvalue weighted by Gasteiger charge is 2.37. The van der Waals surface area contributed by atoms with Crippen molar-refractivity contribution in [2.75, 3.05) is 32.8 Å². The van der Waals surface area contributed by atoms with Gasteiger partial charge in [0.25, 0.3) is 0 Å². The van der Waals surface area contributed by atoms with E-state index in [2.05, 4.69) is 5.32 Å². The minimum Gasteiger partial charge on any atom is -0.481 e. The molecule has 0 aromatic carbocycles. The number of aliphatic hydroxyl groups is 1. The number of likely N-dealkylation sites (tertiary alicyclic amines) is 1. The van der Waals surface area contributed by atoms with Gasteiger partial charge in [-0.15, -0.1) is 0 Å². The Morgan fingerprint density at radius 3 is 2.48 bits per heavy atom. The highest BCUT2D eigenvalue weighted by molar-refractivity contribution is 5.91. The van der Waals surface area contributed by atoms with E-state index in [4.69, 9.17) is 10.2 Å². The number of nitrogens with zero attached hydrogens (tertiary/aromatic N) is 2. The quantitative estimate of drug-likeness (QED) is 0.624. The Bertz CT molecular complexity index is 420. The average molecular weight is 299 g/mol. The van der Waals surface area contributed by atoms with Crippen molar-refractivity contribution >= 4 is 17.9 Å². The summed E-state index contributed by atoms with van der Waals surface area (Å²) in [7, 11) is 0. The van der Waals surface area contributed by atoms with Gasteiger partial charge in [0.2, 0.25) is 5.91 Å². The number of hydrogen-bond acceptors (Lipinski definition) is 4. The molecule has 8 nitrogen and oxygen atoms in total. The topological polar surface area (TPSA) is 110 Å². The summed E-state index contributed by atoms with van der Waals surface area (Å²) in [6, 6.07) is -1.23.